The van der Waals surface area contributed by atoms with E-state index in [2.05, 4.69) is 31.2 Å². The van der Waals surface area contributed by atoms with Gasteiger partial charge >= 0.3 is 0 Å². The highest BCUT2D eigenvalue weighted by Crippen LogP contribution is 2.32. The van der Waals surface area contributed by atoms with E-state index < -0.39 is 0 Å². The highest BCUT2D eigenvalue weighted by Gasteiger charge is 2.20. The van der Waals surface area contributed by atoms with Gasteiger partial charge in [-0.1, -0.05) is 37.6 Å². The predicted octanol–water partition coefficient (Wildman–Crippen LogP) is 5.51. The van der Waals surface area contributed by atoms with Crippen LogP contribution in [0.25, 0.3) is 0 Å². The fourth-order valence-corrected chi connectivity index (χ4v) is 3.50. The minimum absolute atomic E-state index is 0.890. The van der Waals surface area contributed by atoms with Gasteiger partial charge in [-0.25, -0.2) is 0 Å². The van der Waals surface area contributed by atoms with E-state index in [0.29, 0.717) is 0 Å². The number of hydrogen-bond acceptors (Lipinski definition) is 0. The van der Waals surface area contributed by atoms with Crippen molar-refractivity contribution in [2.45, 2.75) is 64.7 Å². The lowest BCUT2D eigenvalue weighted by molar-refractivity contribution is 0.302. The second-order valence-corrected chi connectivity index (χ2v) is 5.89. The molecule has 0 nitrogen and oxygen atoms in total. The Morgan fingerprint density at radius 2 is 1.82 bits per heavy atom. The van der Waals surface area contributed by atoms with Crippen LogP contribution in [0, 0.1) is 17.8 Å². The van der Waals surface area contributed by atoms with Gasteiger partial charge in [-0.05, 0) is 69.1 Å². The standard InChI is InChI=1S/C17H28/c1-2-16(17-11-7-4-8-12-17)14-13-15-9-5-3-6-10-15/h5,7,9,11,15-17H,2-4,6,8,10,12-14H2,1H3. The molecular weight excluding hydrogens is 204 g/mol. The molecule has 0 heterocycles. The lowest BCUT2D eigenvalue weighted by Crippen LogP contribution is -2.15. The summed E-state index contributed by atoms with van der Waals surface area (Å²) >= 11 is 0. The SMILES string of the molecule is CCC(CCC1C=CCCC1)C1C=CCCC1. The summed E-state index contributed by atoms with van der Waals surface area (Å²) < 4.78 is 0. The highest BCUT2D eigenvalue weighted by molar-refractivity contribution is 4.97. The van der Waals surface area contributed by atoms with E-state index in [1.807, 2.05) is 0 Å². The third-order valence-corrected chi connectivity index (χ3v) is 4.68. The van der Waals surface area contributed by atoms with Gasteiger partial charge in [0.15, 0.2) is 0 Å². The molecule has 96 valence electrons. The summed E-state index contributed by atoms with van der Waals surface area (Å²) in [5.74, 6) is 2.73. The molecule has 2 aliphatic rings. The van der Waals surface area contributed by atoms with Gasteiger partial charge in [0.25, 0.3) is 0 Å². The molecule has 0 N–H and O–H groups in total. The molecule has 0 heteroatoms. The Morgan fingerprint density at radius 1 is 1.06 bits per heavy atom. The van der Waals surface area contributed by atoms with Crippen LogP contribution in [-0.4, -0.2) is 0 Å². The van der Waals surface area contributed by atoms with Crippen molar-refractivity contribution in [2.75, 3.05) is 0 Å². The van der Waals surface area contributed by atoms with Crippen LogP contribution in [0.1, 0.15) is 64.7 Å². The molecule has 0 bridgehead atoms. The maximum atomic E-state index is 2.51. The van der Waals surface area contributed by atoms with E-state index in [1.165, 1.54) is 57.8 Å². The van der Waals surface area contributed by atoms with E-state index in [1.54, 1.807) is 0 Å². The third-order valence-electron chi connectivity index (χ3n) is 4.68. The first-order chi connectivity index (χ1) is 8.40. The Labute approximate surface area is 107 Å². The molecule has 0 aromatic rings. The molecular formula is C17H28. The lowest BCUT2D eigenvalue weighted by atomic mass is 9.78. The summed E-state index contributed by atoms with van der Waals surface area (Å²) in [6, 6.07) is 0. The van der Waals surface area contributed by atoms with Gasteiger partial charge in [0.1, 0.15) is 0 Å². The summed E-state index contributed by atoms with van der Waals surface area (Å²) in [4.78, 5) is 0. The van der Waals surface area contributed by atoms with Gasteiger partial charge in [0, 0.05) is 0 Å². The van der Waals surface area contributed by atoms with E-state index in [0.717, 1.165) is 17.8 Å². The van der Waals surface area contributed by atoms with Crippen LogP contribution >= 0.6 is 0 Å². The molecule has 2 rings (SSSR count). The van der Waals surface area contributed by atoms with Crippen molar-refractivity contribution in [3.63, 3.8) is 0 Å². The summed E-state index contributed by atoms with van der Waals surface area (Å²) in [6.07, 6.45) is 22.4. The normalized spacial score (nSPS) is 30.4. The van der Waals surface area contributed by atoms with Crippen molar-refractivity contribution in [3.05, 3.63) is 24.3 Å². The van der Waals surface area contributed by atoms with E-state index >= 15 is 0 Å². The van der Waals surface area contributed by atoms with Gasteiger partial charge in [-0.15, -0.1) is 0 Å². The Balaban J connectivity index is 1.78. The van der Waals surface area contributed by atoms with Gasteiger partial charge in [0.2, 0.25) is 0 Å². The van der Waals surface area contributed by atoms with Crippen molar-refractivity contribution in [2.24, 2.45) is 17.8 Å². The van der Waals surface area contributed by atoms with Gasteiger partial charge in [-0.3, -0.25) is 0 Å². The first kappa shape index (κ1) is 12.9. The molecule has 0 radical (unpaired) electrons. The van der Waals surface area contributed by atoms with Crippen LogP contribution in [0.5, 0.6) is 0 Å². The zero-order valence-electron chi connectivity index (χ0n) is 11.4. The largest absolute Gasteiger partial charge is 0.0883 e. The Bertz CT molecular complexity index is 261. The average molecular weight is 232 g/mol. The Kier molecular flexibility index (Phi) is 5.35. The molecule has 0 aromatic heterocycles. The van der Waals surface area contributed by atoms with Crippen LogP contribution in [0.2, 0.25) is 0 Å². The summed E-state index contributed by atoms with van der Waals surface area (Å²) in [5.41, 5.74) is 0. The van der Waals surface area contributed by atoms with Crippen LogP contribution in [0.3, 0.4) is 0 Å². The average Bonchev–Trinajstić information content (AvgIpc) is 2.42. The lowest BCUT2D eigenvalue weighted by Gasteiger charge is -2.27. The van der Waals surface area contributed by atoms with E-state index in [-0.39, 0.29) is 0 Å². The summed E-state index contributed by atoms with van der Waals surface area (Å²) in [5, 5.41) is 0. The van der Waals surface area contributed by atoms with Crippen molar-refractivity contribution in [1.82, 2.24) is 0 Å². The van der Waals surface area contributed by atoms with E-state index in [9.17, 15) is 0 Å². The molecule has 2 aliphatic carbocycles. The topological polar surface area (TPSA) is 0 Å². The zero-order valence-corrected chi connectivity index (χ0v) is 11.4. The Morgan fingerprint density at radius 3 is 2.41 bits per heavy atom. The van der Waals surface area contributed by atoms with Crippen molar-refractivity contribution in [3.8, 4) is 0 Å². The molecule has 17 heavy (non-hydrogen) atoms. The van der Waals surface area contributed by atoms with Crippen LogP contribution < -0.4 is 0 Å². The number of allylic oxidation sites excluding steroid dienone is 4. The van der Waals surface area contributed by atoms with Crippen LogP contribution in [0.4, 0.5) is 0 Å². The van der Waals surface area contributed by atoms with Crippen molar-refractivity contribution < 1.29 is 0 Å². The van der Waals surface area contributed by atoms with E-state index in [4.69, 9.17) is 0 Å². The number of hydrogen-bond donors (Lipinski definition) is 0. The second kappa shape index (κ2) is 7.03. The highest BCUT2D eigenvalue weighted by atomic mass is 14.3. The molecule has 0 fully saturated rings. The zero-order chi connectivity index (χ0) is 11.9. The minimum atomic E-state index is 0.890. The number of rotatable bonds is 5. The van der Waals surface area contributed by atoms with Crippen LogP contribution in [0.15, 0.2) is 24.3 Å². The molecule has 0 spiro atoms. The molecule has 0 saturated heterocycles. The maximum Gasteiger partial charge on any atom is -0.0205 e. The molecule has 0 saturated carbocycles. The monoisotopic (exact) mass is 232 g/mol. The molecule has 0 amide bonds. The van der Waals surface area contributed by atoms with Crippen molar-refractivity contribution in [1.29, 1.82) is 0 Å². The quantitative estimate of drug-likeness (QED) is 0.549. The maximum absolute atomic E-state index is 2.51. The first-order valence-corrected chi connectivity index (χ1v) is 7.73. The molecule has 0 aromatic carbocycles. The predicted molar refractivity (Wildman–Crippen MR) is 76.0 cm³/mol. The fraction of sp³-hybridized carbons (Fsp3) is 0.765. The molecule has 0 aliphatic heterocycles. The van der Waals surface area contributed by atoms with Crippen LogP contribution in [-0.2, 0) is 0 Å². The third kappa shape index (κ3) is 4.01. The summed E-state index contributed by atoms with van der Waals surface area (Å²) in [6.45, 7) is 2.38. The van der Waals surface area contributed by atoms with Gasteiger partial charge in [0.05, 0.1) is 0 Å². The van der Waals surface area contributed by atoms with Gasteiger partial charge < -0.3 is 0 Å². The summed E-state index contributed by atoms with van der Waals surface area (Å²) in [7, 11) is 0. The first-order valence-electron chi connectivity index (χ1n) is 7.73. The minimum Gasteiger partial charge on any atom is -0.0883 e. The fourth-order valence-electron chi connectivity index (χ4n) is 3.50. The molecule has 3 unspecified atom stereocenters. The molecule has 3 atom stereocenters. The van der Waals surface area contributed by atoms with Crippen molar-refractivity contribution >= 4 is 0 Å². The smallest absolute Gasteiger partial charge is 0.0205 e. The second-order valence-electron chi connectivity index (χ2n) is 5.89. The van der Waals surface area contributed by atoms with Gasteiger partial charge in [-0.2, -0.15) is 0 Å². The Hall–Kier alpha value is -0.520.